The van der Waals surface area contributed by atoms with Gasteiger partial charge in [0.25, 0.3) is 0 Å². The summed E-state index contributed by atoms with van der Waals surface area (Å²) in [6.07, 6.45) is 10.4. The van der Waals surface area contributed by atoms with E-state index in [4.69, 9.17) is 0 Å². The maximum atomic E-state index is 2.42. The lowest BCUT2D eigenvalue weighted by atomic mass is 9.57. The second kappa shape index (κ2) is 6.98. The van der Waals surface area contributed by atoms with Crippen molar-refractivity contribution in [2.45, 2.75) is 64.7 Å². The van der Waals surface area contributed by atoms with Gasteiger partial charge in [0.05, 0.1) is 0 Å². The largest absolute Gasteiger partial charge is 0.0622 e. The van der Waals surface area contributed by atoms with Gasteiger partial charge in [0.15, 0.2) is 0 Å². The maximum Gasteiger partial charge on any atom is -0.0111 e. The standard InChI is InChI=1S/C25H32/c1-19(2)24(23-13-17-25(18-14-23)15-6-16-25)22-11-9-21(10-12-22)20-7-4-3-5-8-20/h3-5,7-12,19,23-24H,6,13-18H2,1-2H3. The van der Waals surface area contributed by atoms with E-state index in [2.05, 4.69) is 68.4 Å². The molecule has 0 saturated heterocycles. The average Bonchev–Trinajstić information content (AvgIpc) is 2.62. The van der Waals surface area contributed by atoms with Gasteiger partial charge in [-0.3, -0.25) is 0 Å². The molecule has 0 radical (unpaired) electrons. The highest BCUT2D eigenvalue weighted by molar-refractivity contribution is 5.63. The SMILES string of the molecule is CC(C)C(c1ccc(-c2ccccc2)cc1)C1CCC2(CCC2)CC1. The molecule has 25 heavy (non-hydrogen) atoms. The summed E-state index contributed by atoms with van der Waals surface area (Å²) >= 11 is 0. The molecule has 2 aliphatic carbocycles. The zero-order chi connectivity index (χ0) is 17.3. The second-order valence-corrected chi connectivity index (χ2v) is 8.95. The number of benzene rings is 2. The van der Waals surface area contributed by atoms with E-state index in [1.54, 1.807) is 5.56 Å². The third kappa shape index (κ3) is 3.41. The van der Waals surface area contributed by atoms with Crippen molar-refractivity contribution >= 4 is 0 Å². The van der Waals surface area contributed by atoms with Crippen molar-refractivity contribution < 1.29 is 0 Å². The Balaban J connectivity index is 1.51. The highest BCUT2D eigenvalue weighted by Crippen LogP contribution is 2.55. The lowest BCUT2D eigenvalue weighted by Gasteiger charge is -2.49. The highest BCUT2D eigenvalue weighted by atomic mass is 14.5. The molecule has 0 heterocycles. The molecule has 0 aliphatic heterocycles. The molecule has 2 aliphatic rings. The van der Waals surface area contributed by atoms with Crippen molar-refractivity contribution in [3.8, 4) is 11.1 Å². The second-order valence-electron chi connectivity index (χ2n) is 8.95. The van der Waals surface area contributed by atoms with Gasteiger partial charge in [-0.1, -0.05) is 74.9 Å². The van der Waals surface area contributed by atoms with E-state index in [9.17, 15) is 0 Å². The van der Waals surface area contributed by atoms with Gasteiger partial charge in [-0.25, -0.2) is 0 Å². The van der Waals surface area contributed by atoms with Crippen LogP contribution in [0.1, 0.15) is 70.3 Å². The Morgan fingerprint density at radius 1 is 0.760 bits per heavy atom. The Bertz CT molecular complexity index is 666. The van der Waals surface area contributed by atoms with Crippen LogP contribution in [0.5, 0.6) is 0 Å². The molecule has 0 nitrogen and oxygen atoms in total. The summed E-state index contributed by atoms with van der Waals surface area (Å²) in [7, 11) is 0. The van der Waals surface area contributed by atoms with Crippen molar-refractivity contribution in [3.63, 3.8) is 0 Å². The lowest BCUT2D eigenvalue weighted by Crippen LogP contribution is -2.35. The molecule has 0 bridgehead atoms. The predicted octanol–water partition coefficient (Wildman–Crippen LogP) is 7.45. The zero-order valence-corrected chi connectivity index (χ0v) is 15.9. The summed E-state index contributed by atoms with van der Waals surface area (Å²) in [4.78, 5) is 0. The monoisotopic (exact) mass is 332 g/mol. The van der Waals surface area contributed by atoms with E-state index in [1.165, 1.54) is 56.1 Å². The first-order valence-electron chi connectivity index (χ1n) is 10.3. The van der Waals surface area contributed by atoms with Crippen LogP contribution in [0, 0.1) is 17.3 Å². The molecule has 132 valence electrons. The molecule has 0 aromatic heterocycles. The van der Waals surface area contributed by atoms with Crippen LogP contribution in [0.25, 0.3) is 11.1 Å². The van der Waals surface area contributed by atoms with Gasteiger partial charge in [0.2, 0.25) is 0 Å². The molecular formula is C25H32. The third-order valence-corrected chi connectivity index (χ3v) is 7.13. The first kappa shape index (κ1) is 16.9. The molecular weight excluding hydrogens is 300 g/mol. The van der Waals surface area contributed by atoms with Crippen LogP contribution in [0.4, 0.5) is 0 Å². The van der Waals surface area contributed by atoms with Crippen LogP contribution < -0.4 is 0 Å². The molecule has 0 N–H and O–H groups in total. The van der Waals surface area contributed by atoms with E-state index in [-0.39, 0.29) is 0 Å². The van der Waals surface area contributed by atoms with Crippen molar-refractivity contribution in [1.29, 1.82) is 0 Å². The normalized spacial score (nSPS) is 21.2. The van der Waals surface area contributed by atoms with Crippen molar-refractivity contribution in [2.75, 3.05) is 0 Å². The van der Waals surface area contributed by atoms with Crippen LogP contribution in [0.15, 0.2) is 54.6 Å². The minimum absolute atomic E-state index is 0.724. The summed E-state index contributed by atoms with van der Waals surface area (Å²) in [6.45, 7) is 4.84. The van der Waals surface area contributed by atoms with Crippen molar-refractivity contribution in [2.24, 2.45) is 17.3 Å². The van der Waals surface area contributed by atoms with Gasteiger partial charge in [0, 0.05) is 0 Å². The van der Waals surface area contributed by atoms with E-state index in [0.29, 0.717) is 0 Å². The minimum atomic E-state index is 0.724. The molecule has 4 rings (SSSR count). The van der Waals surface area contributed by atoms with E-state index < -0.39 is 0 Å². The lowest BCUT2D eigenvalue weighted by molar-refractivity contribution is 0.0448. The molecule has 1 atom stereocenters. The van der Waals surface area contributed by atoms with Gasteiger partial charge in [-0.2, -0.15) is 0 Å². The number of rotatable bonds is 4. The van der Waals surface area contributed by atoms with Crippen molar-refractivity contribution in [3.05, 3.63) is 60.2 Å². The van der Waals surface area contributed by atoms with Crippen molar-refractivity contribution in [1.82, 2.24) is 0 Å². The first-order valence-corrected chi connectivity index (χ1v) is 10.3. The van der Waals surface area contributed by atoms with Gasteiger partial charge in [-0.15, -0.1) is 0 Å². The van der Waals surface area contributed by atoms with E-state index in [1.807, 2.05) is 0 Å². The number of hydrogen-bond acceptors (Lipinski definition) is 0. The molecule has 2 saturated carbocycles. The Labute approximate surface area is 153 Å². The van der Waals surface area contributed by atoms with Gasteiger partial charge < -0.3 is 0 Å². The fraction of sp³-hybridized carbons (Fsp3) is 0.520. The Morgan fingerprint density at radius 3 is 1.88 bits per heavy atom. The molecule has 1 unspecified atom stereocenters. The maximum absolute atomic E-state index is 2.42. The van der Waals surface area contributed by atoms with Crippen LogP contribution in [-0.2, 0) is 0 Å². The van der Waals surface area contributed by atoms with Crippen LogP contribution in [0.3, 0.4) is 0 Å². The molecule has 2 aromatic rings. The van der Waals surface area contributed by atoms with Crippen LogP contribution in [-0.4, -0.2) is 0 Å². The summed E-state index contributed by atoms with van der Waals surface area (Å²) in [5.74, 6) is 2.33. The summed E-state index contributed by atoms with van der Waals surface area (Å²) in [5, 5.41) is 0. The molecule has 2 fully saturated rings. The fourth-order valence-corrected chi connectivity index (χ4v) is 5.52. The Hall–Kier alpha value is -1.56. The summed E-state index contributed by atoms with van der Waals surface area (Å²) in [5.41, 5.74) is 4.99. The zero-order valence-electron chi connectivity index (χ0n) is 15.9. The molecule has 0 amide bonds. The smallest absolute Gasteiger partial charge is 0.0111 e. The van der Waals surface area contributed by atoms with E-state index in [0.717, 1.165) is 23.2 Å². The molecule has 2 aromatic carbocycles. The highest BCUT2D eigenvalue weighted by Gasteiger charge is 2.42. The van der Waals surface area contributed by atoms with Gasteiger partial charge in [-0.05, 0) is 78.4 Å². The fourth-order valence-electron chi connectivity index (χ4n) is 5.52. The quantitative estimate of drug-likeness (QED) is 0.545. The summed E-state index contributed by atoms with van der Waals surface area (Å²) < 4.78 is 0. The van der Waals surface area contributed by atoms with Gasteiger partial charge >= 0.3 is 0 Å². The molecule has 0 heteroatoms. The van der Waals surface area contributed by atoms with Crippen LogP contribution in [0.2, 0.25) is 0 Å². The molecule has 1 spiro atoms. The Kier molecular flexibility index (Phi) is 4.71. The predicted molar refractivity (Wildman–Crippen MR) is 108 cm³/mol. The minimum Gasteiger partial charge on any atom is -0.0622 e. The van der Waals surface area contributed by atoms with Crippen LogP contribution >= 0.6 is 0 Å². The Morgan fingerprint density at radius 2 is 1.36 bits per heavy atom. The first-order chi connectivity index (χ1) is 12.2. The topological polar surface area (TPSA) is 0 Å². The average molecular weight is 333 g/mol. The van der Waals surface area contributed by atoms with Gasteiger partial charge in [0.1, 0.15) is 0 Å². The number of hydrogen-bond donors (Lipinski definition) is 0. The summed E-state index contributed by atoms with van der Waals surface area (Å²) in [6, 6.07) is 20.2. The third-order valence-electron chi connectivity index (χ3n) is 7.13. The van der Waals surface area contributed by atoms with E-state index >= 15 is 0 Å².